The number of hydrogen-bond donors (Lipinski definition) is 1. The van der Waals surface area contributed by atoms with Crippen LogP contribution >= 0.6 is 0 Å². The predicted octanol–water partition coefficient (Wildman–Crippen LogP) is 4.06. The van der Waals surface area contributed by atoms with Gasteiger partial charge in [-0.25, -0.2) is 10.1 Å². The van der Waals surface area contributed by atoms with Gasteiger partial charge in [0.25, 0.3) is 0 Å². The van der Waals surface area contributed by atoms with Crippen LogP contribution in [-0.4, -0.2) is 20.4 Å². The van der Waals surface area contributed by atoms with Gasteiger partial charge in [0.05, 0.1) is 11.2 Å². The van der Waals surface area contributed by atoms with Crippen molar-refractivity contribution in [1.29, 1.82) is 5.26 Å². The molecule has 0 aliphatic rings. The highest BCUT2D eigenvalue weighted by Gasteiger charge is 2.08. The first kappa shape index (κ1) is 14.8. The van der Waals surface area contributed by atoms with Crippen LogP contribution < -0.4 is 0 Å². The molecule has 0 aliphatic heterocycles. The quantitative estimate of drug-likeness (QED) is 0.616. The minimum absolute atomic E-state index is 0.359. The molecule has 4 rings (SSSR count). The Hall–Kier alpha value is -3.78. The van der Waals surface area contributed by atoms with Gasteiger partial charge in [-0.15, -0.1) is 5.10 Å². The van der Waals surface area contributed by atoms with Crippen LogP contribution in [0.3, 0.4) is 0 Å². The molecule has 2 heterocycles. The Morgan fingerprint density at radius 2 is 1.88 bits per heavy atom. The van der Waals surface area contributed by atoms with E-state index >= 15 is 0 Å². The zero-order valence-corrected chi connectivity index (χ0v) is 13.2. The van der Waals surface area contributed by atoms with Crippen LogP contribution in [-0.2, 0) is 0 Å². The third-order valence-corrected chi connectivity index (χ3v) is 3.89. The summed E-state index contributed by atoms with van der Waals surface area (Å²) < 4.78 is 0. The van der Waals surface area contributed by atoms with E-state index in [-0.39, 0.29) is 0 Å². The number of benzene rings is 2. The van der Waals surface area contributed by atoms with Crippen LogP contribution in [0.15, 0.2) is 60.7 Å². The summed E-state index contributed by atoms with van der Waals surface area (Å²) in [5.74, 6) is 0. The van der Waals surface area contributed by atoms with E-state index < -0.39 is 0 Å². The number of aromatic amines is 1. The molecule has 0 fully saturated rings. The smallest absolute Gasteiger partial charge is 0.163 e. The zero-order valence-electron chi connectivity index (χ0n) is 13.2. The van der Waals surface area contributed by atoms with Crippen LogP contribution in [0.4, 0.5) is 0 Å². The molecule has 0 atom stereocenters. The Kier molecular flexibility index (Phi) is 3.77. The first-order valence-corrected chi connectivity index (χ1v) is 7.79. The van der Waals surface area contributed by atoms with Gasteiger partial charge in [-0.2, -0.15) is 5.26 Å². The van der Waals surface area contributed by atoms with E-state index in [0.29, 0.717) is 11.4 Å². The fourth-order valence-corrected chi connectivity index (χ4v) is 2.65. The van der Waals surface area contributed by atoms with Crippen LogP contribution in [0.5, 0.6) is 0 Å². The van der Waals surface area contributed by atoms with E-state index in [1.54, 1.807) is 0 Å². The summed E-state index contributed by atoms with van der Waals surface area (Å²) in [6, 6.07) is 21.9. The molecule has 0 spiro atoms. The van der Waals surface area contributed by atoms with E-state index in [2.05, 4.69) is 32.5 Å². The minimum atomic E-state index is 0.359. The molecule has 1 N–H and O–H groups in total. The molecule has 25 heavy (non-hydrogen) atoms. The Morgan fingerprint density at radius 1 is 0.960 bits per heavy atom. The molecule has 2 aromatic heterocycles. The molecule has 2 aromatic carbocycles. The SMILES string of the molecule is N#Cc1[nH]nnc1-c1cccc(/C=C/c2ccc3ccccc3n2)c1. The lowest BCUT2D eigenvalue weighted by Gasteiger charge is -2.00. The molecule has 5 nitrogen and oxygen atoms in total. The summed E-state index contributed by atoms with van der Waals surface area (Å²) in [5, 5.41) is 20.5. The second-order valence-corrected chi connectivity index (χ2v) is 5.53. The molecular formula is C20H13N5. The average molecular weight is 323 g/mol. The topological polar surface area (TPSA) is 78.2 Å². The number of hydrogen-bond acceptors (Lipinski definition) is 4. The first-order chi connectivity index (χ1) is 12.3. The Labute approximate surface area is 144 Å². The lowest BCUT2D eigenvalue weighted by molar-refractivity contribution is 0.937. The first-order valence-electron chi connectivity index (χ1n) is 7.79. The molecule has 0 amide bonds. The van der Waals surface area contributed by atoms with E-state index in [0.717, 1.165) is 27.7 Å². The normalized spacial score (nSPS) is 11.0. The van der Waals surface area contributed by atoms with Crippen molar-refractivity contribution in [3.05, 3.63) is 77.6 Å². The number of nitrogens with one attached hydrogen (secondary N) is 1. The van der Waals surface area contributed by atoms with Crippen LogP contribution in [0.1, 0.15) is 17.0 Å². The molecule has 0 radical (unpaired) electrons. The maximum Gasteiger partial charge on any atom is 0.163 e. The van der Waals surface area contributed by atoms with E-state index in [4.69, 9.17) is 5.26 Å². The number of nitrogens with zero attached hydrogens (tertiary/aromatic N) is 4. The Bertz CT molecular complexity index is 1120. The molecular weight excluding hydrogens is 310 g/mol. The number of fused-ring (bicyclic) bond motifs is 1. The number of pyridine rings is 1. The number of aromatic nitrogens is 4. The van der Waals surface area contributed by atoms with Gasteiger partial charge in [0.1, 0.15) is 11.8 Å². The maximum atomic E-state index is 9.09. The van der Waals surface area contributed by atoms with Crippen molar-refractivity contribution in [2.75, 3.05) is 0 Å². The van der Waals surface area contributed by atoms with Gasteiger partial charge in [-0.05, 0) is 29.8 Å². The van der Waals surface area contributed by atoms with Gasteiger partial charge < -0.3 is 0 Å². The Balaban J connectivity index is 1.65. The van der Waals surface area contributed by atoms with Gasteiger partial charge in [-0.1, -0.05) is 53.8 Å². The average Bonchev–Trinajstić information content (AvgIpc) is 3.15. The lowest BCUT2D eigenvalue weighted by atomic mass is 10.1. The van der Waals surface area contributed by atoms with Crippen molar-refractivity contribution in [3.63, 3.8) is 0 Å². The summed E-state index contributed by atoms with van der Waals surface area (Å²) in [4.78, 5) is 4.63. The monoisotopic (exact) mass is 323 g/mol. The second kappa shape index (κ2) is 6.38. The molecule has 118 valence electrons. The van der Waals surface area contributed by atoms with Gasteiger partial charge in [0.2, 0.25) is 0 Å². The molecule has 4 aromatic rings. The summed E-state index contributed by atoms with van der Waals surface area (Å²) in [7, 11) is 0. The van der Waals surface area contributed by atoms with E-state index in [9.17, 15) is 0 Å². The summed E-state index contributed by atoms with van der Waals surface area (Å²) in [6.45, 7) is 0. The van der Waals surface area contributed by atoms with E-state index in [1.807, 2.05) is 66.7 Å². The lowest BCUT2D eigenvalue weighted by Crippen LogP contribution is -1.84. The van der Waals surface area contributed by atoms with Crippen LogP contribution in [0, 0.1) is 11.3 Å². The molecule has 0 unspecified atom stereocenters. The third-order valence-electron chi connectivity index (χ3n) is 3.89. The van der Waals surface area contributed by atoms with Crippen molar-refractivity contribution in [2.24, 2.45) is 0 Å². The molecule has 0 saturated carbocycles. The highest BCUT2D eigenvalue weighted by molar-refractivity contribution is 5.81. The number of nitriles is 1. The summed E-state index contributed by atoms with van der Waals surface area (Å²) in [6.07, 6.45) is 3.96. The van der Waals surface area contributed by atoms with Gasteiger partial charge in [0.15, 0.2) is 5.69 Å². The third kappa shape index (κ3) is 3.01. The fourth-order valence-electron chi connectivity index (χ4n) is 2.65. The predicted molar refractivity (Wildman–Crippen MR) is 97.2 cm³/mol. The standard InChI is InChI=1S/C20H13N5/c21-13-19-20(24-25-23-19)16-6-3-4-14(12-16)8-10-17-11-9-15-5-1-2-7-18(15)22-17/h1-12H,(H,23,24,25)/b10-8+. The zero-order chi connectivity index (χ0) is 17.1. The van der Waals surface area contributed by atoms with Gasteiger partial charge in [-0.3, -0.25) is 0 Å². The van der Waals surface area contributed by atoms with Crippen molar-refractivity contribution in [1.82, 2.24) is 20.4 Å². The number of para-hydroxylation sites is 1. The summed E-state index contributed by atoms with van der Waals surface area (Å²) in [5.41, 5.74) is 4.63. The largest absolute Gasteiger partial charge is 0.248 e. The molecule has 0 aliphatic carbocycles. The van der Waals surface area contributed by atoms with Crippen molar-refractivity contribution < 1.29 is 0 Å². The van der Waals surface area contributed by atoms with Crippen LogP contribution in [0.2, 0.25) is 0 Å². The number of rotatable bonds is 3. The van der Waals surface area contributed by atoms with Crippen molar-refractivity contribution in [2.45, 2.75) is 0 Å². The number of H-pyrrole nitrogens is 1. The molecule has 0 bridgehead atoms. The van der Waals surface area contributed by atoms with Crippen molar-refractivity contribution in [3.8, 4) is 17.3 Å². The van der Waals surface area contributed by atoms with Crippen molar-refractivity contribution >= 4 is 23.1 Å². The molecule has 5 heteroatoms. The fraction of sp³-hybridized carbons (Fsp3) is 0. The van der Waals surface area contributed by atoms with E-state index in [1.165, 1.54) is 0 Å². The second-order valence-electron chi connectivity index (χ2n) is 5.53. The summed E-state index contributed by atoms with van der Waals surface area (Å²) >= 11 is 0. The van der Waals surface area contributed by atoms with Crippen LogP contribution in [0.25, 0.3) is 34.3 Å². The highest BCUT2D eigenvalue weighted by atomic mass is 15.3. The highest BCUT2D eigenvalue weighted by Crippen LogP contribution is 2.21. The maximum absolute atomic E-state index is 9.09. The minimum Gasteiger partial charge on any atom is -0.248 e. The Morgan fingerprint density at radius 3 is 2.80 bits per heavy atom. The molecule has 0 saturated heterocycles. The van der Waals surface area contributed by atoms with Gasteiger partial charge >= 0.3 is 0 Å². The van der Waals surface area contributed by atoms with Gasteiger partial charge in [0, 0.05) is 10.9 Å².